The predicted octanol–water partition coefficient (Wildman–Crippen LogP) is 6.85. The van der Waals surface area contributed by atoms with Crippen LogP contribution in [0.25, 0.3) is 0 Å². The van der Waals surface area contributed by atoms with Gasteiger partial charge in [0.05, 0.1) is 0 Å². The summed E-state index contributed by atoms with van der Waals surface area (Å²) in [7, 11) is 0. The van der Waals surface area contributed by atoms with Gasteiger partial charge < -0.3 is 0 Å². The van der Waals surface area contributed by atoms with Crippen molar-refractivity contribution in [3.8, 4) is 0 Å². The fourth-order valence-electron chi connectivity index (χ4n) is 4.64. The molecule has 0 atom stereocenters. The first-order valence-corrected chi connectivity index (χ1v) is 9.56. The molecule has 0 amide bonds. The minimum absolute atomic E-state index is 0.428. The van der Waals surface area contributed by atoms with Crippen molar-refractivity contribution in [2.45, 2.75) is 77.0 Å². The SMILES string of the molecule is CC1CCC(CCC2CCC(c3ccc(F)c(F)c3)CC2)CC1. The molecular formula is C21H30F2. The molecule has 2 fully saturated rings. The molecule has 2 aliphatic rings. The van der Waals surface area contributed by atoms with Crippen molar-refractivity contribution in [3.63, 3.8) is 0 Å². The first-order valence-electron chi connectivity index (χ1n) is 9.56. The highest BCUT2D eigenvalue weighted by Gasteiger charge is 2.25. The minimum Gasteiger partial charge on any atom is -0.204 e. The van der Waals surface area contributed by atoms with Crippen molar-refractivity contribution in [1.29, 1.82) is 0 Å². The molecule has 0 unspecified atom stereocenters. The number of hydrogen-bond donors (Lipinski definition) is 0. The van der Waals surface area contributed by atoms with Gasteiger partial charge in [0.15, 0.2) is 11.6 Å². The van der Waals surface area contributed by atoms with Crippen LogP contribution < -0.4 is 0 Å². The topological polar surface area (TPSA) is 0 Å². The zero-order valence-corrected chi connectivity index (χ0v) is 14.4. The minimum atomic E-state index is -0.732. The molecule has 0 nitrogen and oxygen atoms in total. The molecule has 0 N–H and O–H groups in total. The number of hydrogen-bond acceptors (Lipinski definition) is 0. The molecule has 0 spiro atoms. The molecule has 2 saturated carbocycles. The van der Waals surface area contributed by atoms with Crippen LogP contribution in [0.15, 0.2) is 18.2 Å². The Kier molecular flexibility index (Phi) is 5.71. The van der Waals surface area contributed by atoms with Crippen LogP contribution in [0.5, 0.6) is 0 Å². The molecule has 0 bridgehead atoms. The maximum atomic E-state index is 13.4. The lowest BCUT2D eigenvalue weighted by molar-refractivity contribution is 0.237. The van der Waals surface area contributed by atoms with Gasteiger partial charge in [-0.1, -0.05) is 51.5 Å². The zero-order valence-electron chi connectivity index (χ0n) is 14.4. The van der Waals surface area contributed by atoms with E-state index in [4.69, 9.17) is 0 Å². The molecule has 1 aromatic carbocycles. The van der Waals surface area contributed by atoms with Crippen LogP contribution in [0, 0.1) is 29.4 Å². The summed E-state index contributed by atoms with van der Waals surface area (Å²) in [4.78, 5) is 0. The first kappa shape index (κ1) is 16.9. The van der Waals surface area contributed by atoms with Crippen LogP contribution in [0.4, 0.5) is 8.78 Å². The highest BCUT2D eigenvalue weighted by molar-refractivity contribution is 5.22. The maximum Gasteiger partial charge on any atom is 0.159 e. The van der Waals surface area contributed by atoms with E-state index in [1.54, 1.807) is 6.07 Å². The highest BCUT2D eigenvalue weighted by atomic mass is 19.2. The molecule has 0 saturated heterocycles. The van der Waals surface area contributed by atoms with Crippen molar-refractivity contribution >= 4 is 0 Å². The van der Waals surface area contributed by atoms with Crippen molar-refractivity contribution in [3.05, 3.63) is 35.4 Å². The van der Waals surface area contributed by atoms with Crippen LogP contribution in [0.1, 0.15) is 82.6 Å². The molecule has 0 radical (unpaired) electrons. The van der Waals surface area contributed by atoms with Gasteiger partial charge in [0.2, 0.25) is 0 Å². The van der Waals surface area contributed by atoms with Gasteiger partial charge >= 0.3 is 0 Å². The largest absolute Gasteiger partial charge is 0.204 e. The third-order valence-corrected chi connectivity index (χ3v) is 6.38. The highest BCUT2D eigenvalue weighted by Crippen LogP contribution is 2.39. The number of rotatable bonds is 4. The van der Waals surface area contributed by atoms with Crippen LogP contribution in [-0.2, 0) is 0 Å². The lowest BCUT2D eigenvalue weighted by Gasteiger charge is -2.31. The van der Waals surface area contributed by atoms with Gasteiger partial charge in [0.25, 0.3) is 0 Å². The molecule has 3 rings (SSSR count). The van der Waals surface area contributed by atoms with E-state index in [9.17, 15) is 8.78 Å². The van der Waals surface area contributed by atoms with Gasteiger partial charge in [0.1, 0.15) is 0 Å². The van der Waals surface area contributed by atoms with Gasteiger partial charge in [-0.2, -0.15) is 0 Å². The molecule has 0 heterocycles. The number of benzene rings is 1. The molecule has 2 heteroatoms. The molecule has 0 aliphatic heterocycles. The van der Waals surface area contributed by atoms with Gasteiger partial charge in [0, 0.05) is 0 Å². The molecule has 0 aromatic heterocycles. The van der Waals surface area contributed by atoms with Crippen molar-refractivity contribution in [1.82, 2.24) is 0 Å². The normalized spacial score (nSPS) is 32.0. The summed E-state index contributed by atoms with van der Waals surface area (Å²) in [6.45, 7) is 2.38. The van der Waals surface area contributed by atoms with Gasteiger partial charge in [-0.3, -0.25) is 0 Å². The lowest BCUT2D eigenvalue weighted by Crippen LogP contribution is -2.17. The van der Waals surface area contributed by atoms with Crippen LogP contribution in [-0.4, -0.2) is 0 Å². The molecule has 128 valence electrons. The van der Waals surface area contributed by atoms with E-state index in [0.29, 0.717) is 5.92 Å². The van der Waals surface area contributed by atoms with Gasteiger partial charge in [-0.25, -0.2) is 8.78 Å². The summed E-state index contributed by atoms with van der Waals surface area (Å²) in [6, 6.07) is 4.46. The van der Waals surface area contributed by atoms with E-state index < -0.39 is 11.6 Å². The molecule has 23 heavy (non-hydrogen) atoms. The summed E-state index contributed by atoms with van der Waals surface area (Å²) in [5.74, 6) is 1.76. The lowest BCUT2D eigenvalue weighted by atomic mass is 9.74. The van der Waals surface area contributed by atoms with Crippen LogP contribution in [0.3, 0.4) is 0 Å². The smallest absolute Gasteiger partial charge is 0.159 e. The van der Waals surface area contributed by atoms with E-state index in [1.165, 1.54) is 63.5 Å². The van der Waals surface area contributed by atoms with Crippen molar-refractivity contribution < 1.29 is 8.78 Å². The Morgan fingerprint density at radius 1 is 0.783 bits per heavy atom. The Bertz CT molecular complexity index is 495. The van der Waals surface area contributed by atoms with Crippen molar-refractivity contribution in [2.24, 2.45) is 17.8 Å². The summed E-state index contributed by atoms with van der Waals surface area (Å²) in [5.41, 5.74) is 0.989. The summed E-state index contributed by atoms with van der Waals surface area (Å²) in [5, 5.41) is 0. The van der Waals surface area contributed by atoms with E-state index in [1.807, 2.05) is 0 Å². The van der Waals surface area contributed by atoms with E-state index in [2.05, 4.69) is 6.92 Å². The summed E-state index contributed by atoms with van der Waals surface area (Å²) < 4.78 is 26.4. The fourth-order valence-corrected chi connectivity index (χ4v) is 4.64. The Morgan fingerprint density at radius 3 is 1.91 bits per heavy atom. The summed E-state index contributed by atoms with van der Waals surface area (Å²) in [6.07, 6.45) is 13.3. The van der Waals surface area contributed by atoms with E-state index >= 15 is 0 Å². The maximum absolute atomic E-state index is 13.4. The van der Waals surface area contributed by atoms with Crippen LogP contribution >= 0.6 is 0 Å². The van der Waals surface area contributed by atoms with E-state index in [0.717, 1.165) is 36.2 Å². The molecule has 1 aromatic rings. The average molecular weight is 320 g/mol. The van der Waals surface area contributed by atoms with Crippen LogP contribution in [0.2, 0.25) is 0 Å². The Morgan fingerprint density at radius 2 is 1.35 bits per heavy atom. The Hall–Kier alpha value is -0.920. The Balaban J connectivity index is 1.42. The first-order chi connectivity index (χ1) is 11.1. The Labute approximate surface area is 139 Å². The van der Waals surface area contributed by atoms with E-state index in [-0.39, 0.29) is 0 Å². The van der Waals surface area contributed by atoms with Gasteiger partial charge in [-0.15, -0.1) is 0 Å². The quantitative estimate of drug-likeness (QED) is 0.569. The zero-order chi connectivity index (χ0) is 16.2. The fraction of sp³-hybridized carbons (Fsp3) is 0.714. The second kappa shape index (κ2) is 7.77. The summed E-state index contributed by atoms with van der Waals surface area (Å²) >= 11 is 0. The molecular weight excluding hydrogens is 290 g/mol. The predicted molar refractivity (Wildman–Crippen MR) is 91.4 cm³/mol. The third-order valence-electron chi connectivity index (χ3n) is 6.38. The second-order valence-electron chi connectivity index (χ2n) is 8.09. The van der Waals surface area contributed by atoms with Gasteiger partial charge in [-0.05, 0) is 67.1 Å². The molecule has 2 aliphatic carbocycles. The second-order valence-corrected chi connectivity index (χ2v) is 8.09. The monoisotopic (exact) mass is 320 g/mol. The number of halogens is 2. The standard InChI is InChI=1S/C21H30F2/c1-15-2-4-16(5-3-15)6-7-17-8-10-18(11-9-17)19-12-13-20(22)21(23)14-19/h12-18H,2-11H2,1H3. The van der Waals surface area contributed by atoms with Crippen molar-refractivity contribution in [2.75, 3.05) is 0 Å². The third kappa shape index (κ3) is 4.55. The average Bonchev–Trinajstić information content (AvgIpc) is 2.57.